The van der Waals surface area contributed by atoms with Gasteiger partial charge in [0.05, 0.1) is 0 Å². The molecule has 0 N–H and O–H groups in total. The highest BCUT2D eigenvalue weighted by Gasteiger charge is 2.34. The van der Waals surface area contributed by atoms with Gasteiger partial charge >= 0.3 is 0 Å². The number of alkyl halides is 3. The molecule has 80 valence electrons. The second-order valence-corrected chi connectivity index (χ2v) is 5.49. The van der Waals surface area contributed by atoms with Crippen molar-refractivity contribution >= 4 is 40.7 Å². The summed E-state index contributed by atoms with van der Waals surface area (Å²) in [4.78, 5) is 3.99. The van der Waals surface area contributed by atoms with E-state index in [1.807, 2.05) is 0 Å². The highest BCUT2D eigenvalue weighted by molar-refractivity contribution is 6.76. The summed E-state index contributed by atoms with van der Waals surface area (Å²) in [6, 6.07) is 0. The maximum absolute atomic E-state index is 5.68. The van der Waals surface area contributed by atoms with Crippen LogP contribution < -0.4 is 0 Å². The molecule has 5 heteroatoms. The number of hydrogen-bond acceptors (Lipinski definition) is 2. The number of halogens is 3. The molecule has 0 spiro atoms. The monoisotopic (exact) mass is 255 g/mol. The minimum atomic E-state index is -1.59. The minimum absolute atomic E-state index is 0.0376. The van der Waals surface area contributed by atoms with Crippen LogP contribution in [0, 0.1) is 0 Å². The zero-order chi connectivity index (χ0) is 10.8. The summed E-state index contributed by atoms with van der Waals surface area (Å²) in [7, 11) is 0. The highest BCUT2D eigenvalue weighted by atomic mass is 35.6. The molecule has 1 aliphatic heterocycles. The van der Waals surface area contributed by atoms with E-state index in [0.717, 1.165) is 12.8 Å². The van der Waals surface area contributed by atoms with Crippen molar-refractivity contribution in [3.63, 3.8) is 0 Å². The van der Waals surface area contributed by atoms with Crippen molar-refractivity contribution in [1.82, 2.24) is 0 Å². The summed E-state index contributed by atoms with van der Waals surface area (Å²) in [6.45, 7) is 5.84. The van der Waals surface area contributed by atoms with Gasteiger partial charge in [-0.2, -0.15) is 0 Å². The fourth-order valence-electron chi connectivity index (χ4n) is 1.29. The maximum atomic E-state index is 5.68. The van der Waals surface area contributed by atoms with Gasteiger partial charge in [0, 0.05) is 12.1 Å². The smallest absolute Gasteiger partial charge is 0.266 e. The molecule has 14 heavy (non-hydrogen) atoms. The Morgan fingerprint density at radius 2 is 2.21 bits per heavy atom. The van der Waals surface area contributed by atoms with E-state index in [4.69, 9.17) is 39.5 Å². The Bertz CT molecular complexity index is 257. The van der Waals surface area contributed by atoms with Gasteiger partial charge in [-0.3, -0.25) is 0 Å². The van der Waals surface area contributed by atoms with Crippen LogP contribution in [0.15, 0.2) is 17.3 Å². The molecule has 0 aromatic rings. The first-order valence-corrected chi connectivity index (χ1v) is 5.57. The van der Waals surface area contributed by atoms with Crippen LogP contribution >= 0.6 is 34.8 Å². The third kappa shape index (κ3) is 3.34. The van der Waals surface area contributed by atoms with E-state index in [0.29, 0.717) is 12.1 Å². The highest BCUT2D eigenvalue weighted by Crippen LogP contribution is 2.33. The summed E-state index contributed by atoms with van der Waals surface area (Å²) >= 11 is 17.0. The van der Waals surface area contributed by atoms with E-state index in [1.165, 1.54) is 0 Å². The van der Waals surface area contributed by atoms with E-state index >= 15 is 0 Å². The first-order chi connectivity index (χ1) is 6.43. The molecule has 1 unspecified atom stereocenters. The Balaban J connectivity index is 2.73. The Morgan fingerprint density at radius 3 is 2.71 bits per heavy atom. The van der Waals surface area contributed by atoms with Gasteiger partial charge in [-0.05, 0) is 6.42 Å². The molecule has 0 radical (unpaired) electrons. The molecule has 1 atom stereocenters. The molecular weight excluding hydrogens is 244 g/mol. The zero-order valence-corrected chi connectivity index (χ0v) is 10.2. The molecular formula is C9H12Cl3NO. The van der Waals surface area contributed by atoms with Crippen molar-refractivity contribution in [1.29, 1.82) is 0 Å². The van der Waals surface area contributed by atoms with Gasteiger partial charge in [-0.25, -0.2) is 4.99 Å². The van der Waals surface area contributed by atoms with Gasteiger partial charge in [-0.15, -0.1) is 0 Å². The molecule has 0 saturated heterocycles. The van der Waals surface area contributed by atoms with Crippen LogP contribution in [-0.4, -0.2) is 15.8 Å². The molecule has 1 rings (SSSR count). The molecule has 0 aromatic carbocycles. The summed E-state index contributed by atoms with van der Waals surface area (Å²) in [5.74, 6) is 0.136. The summed E-state index contributed by atoms with van der Waals surface area (Å²) in [5, 5.41) is 0. The average molecular weight is 257 g/mol. The van der Waals surface area contributed by atoms with E-state index in [2.05, 4.69) is 18.5 Å². The largest absolute Gasteiger partial charge is 0.474 e. The van der Waals surface area contributed by atoms with Crippen molar-refractivity contribution < 1.29 is 4.74 Å². The van der Waals surface area contributed by atoms with Crippen molar-refractivity contribution in [2.24, 2.45) is 4.99 Å². The SMILES string of the molecule is C=C1CC(CCC)OC(C(Cl)(Cl)Cl)=N1. The molecule has 0 saturated carbocycles. The third-order valence-electron chi connectivity index (χ3n) is 1.85. The first kappa shape index (κ1) is 12.2. The molecule has 0 amide bonds. The third-order valence-corrected chi connectivity index (χ3v) is 2.34. The number of nitrogens with zero attached hydrogens (tertiary/aromatic N) is 1. The summed E-state index contributed by atoms with van der Waals surface area (Å²) in [5.41, 5.74) is 0.705. The van der Waals surface area contributed by atoms with Crippen LogP contribution in [0.2, 0.25) is 0 Å². The van der Waals surface area contributed by atoms with Crippen molar-refractivity contribution in [2.45, 2.75) is 36.1 Å². The van der Waals surface area contributed by atoms with Gasteiger partial charge in [-0.1, -0.05) is 54.7 Å². The number of hydrogen-bond donors (Lipinski definition) is 0. The molecule has 0 aliphatic carbocycles. The predicted octanol–water partition coefficient (Wildman–Crippen LogP) is 3.86. The fraction of sp³-hybridized carbons (Fsp3) is 0.667. The lowest BCUT2D eigenvalue weighted by Gasteiger charge is -2.27. The van der Waals surface area contributed by atoms with E-state index < -0.39 is 3.79 Å². The Kier molecular flexibility index (Phi) is 4.11. The van der Waals surface area contributed by atoms with Gasteiger partial charge < -0.3 is 4.74 Å². The van der Waals surface area contributed by atoms with Crippen LogP contribution in [0.1, 0.15) is 26.2 Å². The average Bonchev–Trinajstić information content (AvgIpc) is 2.02. The van der Waals surface area contributed by atoms with Gasteiger partial charge in [0.15, 0.2) is 0 Å². The van der Waals surface area contributed by atoms with E-state index in [-0.39, 0.29) is 12.0 Å². The first-order valence-electron chi connectivity index (χ1n) is 4.43. The predicted molar refractivity (Wildman–Crippen MR) is 61.3 cm³/mol. The summed E-state index contributed by atoms with van der Waals surface area (Å²) in [6.07, 6.45) is 2.68. The van der Waals surface area contributed by atoms with E-state index in [9.17, 15) is 0 Å². The lowest BCUT2D eigenvalue weighted by atomic mass is 10.1. The number of rotatable bonds is 2. The van der Waals surface area contributed by atoms with Crippen molar-refractivity contribution in [3.8, 4) is 0 Å². The van der Waals surface area contributed by atoms with Gasteiger partial charge in [0.1, 0.15) is 6.10 Å². The lowest BCUT2D eigenvalue weighted by Crippen LogP contribution is -2.31. The van der Waals surface area contributed by atoms with Crippen LogP contribution in [0.5, 0.6) is 0 Å². The quantitative estimate of drug-likeness (QED) is 0.688. The number of ether oxygens (including phenoxy) is 1. The standard InChI is InChI=1S/C9H12Cl3NO/c1-3-4-7-5-6(2)13-8(14-7)9(10,11)12/h7H,2-5H2,1H3. The number of aliphatic imine (C=N–C) groups is 1. The van der Waals surface area contributed by atoms with Crippen LogP contribution in [0.3, 0.4) is 0 Å². The van der Waals surface area contributed by atoms with E-state index in [1.54, 1.807) is 0 Å². The van der Waals surface area contributed by atoms with Gasteiger partial charge in [0.25, 0.3) is 3.79 Å². The topological polar surface area (TPSA) is 21.6 Å². The van der Waals surface area contributed by atoms with Gasteiger partial charge in [0.2, 0.25) is 5.90 Å². The van der Waals surface area contributed by atoms with Crippen molar-refractivity contribution in [2.75, 3.05) is 0 Å². The molecule has 1 heterocycles. The zero-order valence-electron chi connectivity index (χ0n) is 7.90. The van der Waals surface area contributed by atoms with Crippen LogP contribution in [0.25, 0.3) is 0 Å². The Morgan fingerprint density at radius 1 is 1.57 bits per heavy atom. The molecule has 0 fully saturated rings. The van der Waals surface area contributed by atoms with Crippen molar-refractivity contribution in [3.05, 3.63) is 12.3 Å². The summed E-state index contributed by atoms with van der Waals surface area (Å²) < 4.78 is 3.87. The molecule has 1 aliphatic rings. The second kappa shape index (κ2) is 4.73. The molecule has 0 bridgehead atoms. The van der Waals surface area contributed by atoms with Crippen LogP contribution in [0.4, 0.5) is 0 Å². The minimum Gasteiger partial charge on any atom is -0.474 e. The Hall–Kier alpha value is 0.0800. The molecule has 2 nitrogen and oxygen atoms in total. The Labute approximate surface area is 98.9 Å². The molecule has 0 aromatic heterocycles. The normalized spacial score (nSPS) is 23.0. The van der Waals surface area contributed by atoms with Crippen LogP contribution in [-0.2, 0) is 4.74 Å². The fourth-order valence-corrected chi connectivity index (χ4v) is 1.55. The maximum Gasteiger partial charge on any atom is 0.266 e. The lowest BCUT2D eigenvalue weighted by molar-refractivity contribution is 0.163. The second-order valence-electron chi connectivity index (χ2n) is 3.21.